The largest absolute Gasteiger partial charge is 0.411 e. The number of alkyl halides is 3. The third-order valence-corrected chi connectivity index (χ3v) is 1.35. The van der Waals surface area contributed by atoms with Gasteiger partial charge in [0.25, 0.3) is 0 Å². The fourth-order valence-electron chi connectivity index (χ4n) is 0.776. The summed E-state index contributed by atoms with van der Waals surface area (Å²) in [5.41, 5.74) is -0.0142. The molecule has 0 aliphatic carbocycles. The number of hydrogen-bond donors (Lipinski definition) is 0. The van der Waals surface area contributed by atoms with Gasteiger partial charge in [-0.05, 0) is 0 Å². The Morgan fingerprint density at radius 3 is 2.67 bits per heavy atom. The first-order valence-corrected chi connectivity index (χ1v) is 3.93. The van der Waals surface area contributed by atoms with E-state index in [0.29, 0.717) is 0 Å². The van der Waals surface area contributed by atoms with Gasteiger partial charge in [-0.1, -0.05) is 0 Å². The first-order chi connectivity index (χ1) is 6.99. The molecule has 0 saturated heterocycles. The summed E-state index contributed by atoms with van der Waals surface area (Å²) in [4.78, 5) is 18.4. The molecule has 1 rings (SSSR count). The minimum absolute atomic E-state index is 0.0142. The van der Waals surface area contributed by atoms with E-state index in [0.717, 1.165) is 0 Å². The molecule has 7 heteroatoms. The van der Waals surface area contributed by atoms with Crippen LogP contribution < -0.4 is 0 Å². The molecule has 0 spiro atoms. The number of halogens is 3. The summed E-state index contributed by atoms with van der Waals surface area (Å²) in [6.45, 7) is -2.10. The van der Waals surface area contributed by atoms with Gasteiger partial charge in [-0.2, -0.15) is 13.2 Å². The van der Waals surface area contributed by atoms with Gasteiger partial charge in [0.1, 0.15) is 18.9 Å². The predicted molar refractivity (Wildman–Crippen MR) is 43.2 cm³/mol. The summed E-state index contributed by atoms with van der Waals surface area (Å²) in [5.74, 6) is -0.632. The lowest BCUT2D eigenvalue weighted by Crippen LogP contribution is -2.20. The van der Waals surface area contributed by atoms with E-state index in [-0.39, 0.29) is 5.69 Å². The van der Waals surface area contributed by atoms with Crippen molar-refractivity contribution in [1.82, 2.24) is 9.97 Å². The first kappa shape index (κ1) is 11.6. The Balaban J connectivity index is 2.38. The number of Topliss-reactive ketones (excluding diaryl/α,β-unsaturated/α-hetero) is 1. The molecular formula is C8H7F3N2O2. The highest BCUT2D eigenvalue weighted by Gasteiger charge is 2.27. The number of ketones is 1. The molecule has 0 N–H and O–H groups in total. The van der Waals surface area contributed by atoms with E-state index < -0.39 is 25.2 Å². The van der Waals surface area contributed by atoms with E-state index in [4.69, 9.17) is 0 Å². The van der Waals surface area contributed by atoms with E-state index >= 15 is 0 Å². The number of nitrogens with zero attached hydrogens (tertiary/aromatic N) is 2. The van der Waals surface area contributed by atoms with Crippen LogP contribution in [0, 0.1) is 0 Å². The maximum atomic E-state index is 11.6. The Kier molecular flexibility index (Phi) is 3.73. The molecule has 0 aliphatic rings. The summed E-state index contributed by atoms with van der Waals surface area (Å²) >= 11 is 0. The normalized spacial score (nSPS) is 11.4. The van der Waals surface area contributed by atoms with E-state index in [1.54, 1.807) is 0 Å². The molecule has 0 unspecified atom stereocenters. The molecule has 0 aromatic carbocycles. The lowest BCUT2D eigenvalue weighted by atomic mass is 10.3. The van der Waals surface area contributed by atoms with Crippen molar-refractivity contribution in [1.29, 1.82) is 0 Å². The number of hydrogen-bond acceptors (Lipinski definition) is 4. The van der Waals surface area contributed by atoms with E-state index in [1.165, 1.54) is 18.6 Å². The van der Waals surface area contributed by atoms with Gasteiger partial charge < -0.3 is 4.74 Å². The lowest BCUT2D eigenvalue weighted by Gasteiger charge is -2.06. The summed E-state index contributed by atoms with van der Waals surface area (Å²) in [7, 11) is 0. The Bertz CT molecular complexity index is 326. The van der Waals surface area contributed by atoms with Gasteiger partial charge in [-0.25, -0.2) is 4.98 Å². The molecule has 1 aromatic heterocycles. The lowest BCUT2D eigenvalue weighted by molar-refractivity contribution is -0.170. The third kappa shape index (κ3) is 4.50. The SMILES string of the molecule is O=C(COCC(F)(F)F)c1cnccn1. The molecule has 0 radical (unpaired) electrons. The van der Waals surface area contributed by atoms with Crippen LogP contribution in [0.3, 0.4) is 0 Å². The van der Waals surface area contributed by atoms with Crippen molar-refractivity contribution < 1.29 is 22.7 Å². The smallest absolute Gasteiger partial charge is 0.364 e. The molecule has 0 atom stereocenters. The minimum atomic E-state index is -4.43. The van der Waals surface area contributed by atoms with Crippen LogP contribution in [-0.4, -0.2) is 35.1 Å². The van der Waals surface area contributed by atoms with Crippen LogP contribution in [0.25, 0.3) is 0 Å². The Labute approximate surface area is 83.1 Å². The highest BCUT2D eigenvalue weighted by Crippen LogP contribution is 2.14. The maximum absolute atomic E-state index is 11.6. The number of aromatic nitrogens is 2. The number of ether oxygens (including phenoxy) is 1. The van der Waals surface area contributed by atoms with Crippen molar-refractivity contribution in [2.24, 2.45) is 0 Å². The van der Waals surface area contributed by atoms with Crippen molar-refractivity contribution >= 4 is 5.78 Å². The molecule has 4 nitrogen and oxygen atoms in total. The molecular weight excluding hydrogens is 213 g/mol. The summed E-state index contributed by atoms with van der Waals surface area (Å²) in [6.07, 6.45) is -0.633. The van der Waals surface area contributed by atoms with Crippen LogP contribution >= 0.6 is 0 Å². The van der Waals surface area contributed by atoms with Crippen LogP contribution in [0.1, 0.15) is 10.5 Å². The van der Waals surface area contributed by atoms with Gasteiger partial charge in [-0.3, -0.25) is 9.78 Å². The summed E-state index contributed by atoms with van der Waals surface area (Å²) in [6, 6.07) is 0. The third-order valence-electron chi connectivity index (χ3n) is 1.35. The van der Waals surface area contributed by atoms with Crippen molar-refractivity contribution in [3.05, 3.63) is 24.3 Å². The molecule has 0 saturated carbocycles. The monoisotopic (exact) mass is 220 g/mol. The van der Waals surface area contributed by atoms with Gasteiger partial charge in [0, 0.05) is 12.4 Å². The van der Waals surface area contributed by atoms with E-state index in [9.17, 15) is 18.0 Å². The van der Waals surface area contributed by atoms with Gasteiger partial charge in [0.05, 0.1) is 6.20 Å². The fraction of sp³-hybridized carbons (Fsp3) is 0.375. The minimum Gasteiger partial charge on any atom is -0.364 e. The van der Waals surface area contributed by atoms with Crippen LogP contribution in [0.4, 0.5) is 13.2 Å². The number of rotatable bonds is 4. The molecule has 1 heterocycles. The Hall–Kier alpha value is -1.50. The predicted octanol–water partition coefficient (Wildman–Crippen LogP) is 1.24. The standard InChI is InChI=1S/C8H7F3N2O2/c9-8(10,11)5-15-4-7(14)6-3-12-1-2-13-6/h1-3H,4-5H2. The van der Waals surface area contributed by atoms with Crippen molar-refractivity contribution in [3.8, 4) is 0 Å². The topological polar surface area (TPSA) is 52.1 Å². The highest BCUT2D eigenvalue weighted by atomic mass is 19.4. The summed E-state index contributed by atoms with van der Waals surface area (Å²) in [5, 5.41) is 0. The van der Waals surface area contributed by atoms with E-state index in [2.05, 4.69) is 14.7 Å². The van der Waals surface area contributed by atoms with Gasteiger partial charge in [0.2, 0.25) is 5.78 Å². The number of carbonyl (C=O) groups excluding carboxylic acids is 1. The quantitative estimate of drug-likeness (QED) is 0.716. The highest BCUT2D eigenvalue weighted by molar-refractivity contribution is 5.94. The van der Waals surface area contributed by atoms with Gasteiger partial charge >= 0.3 is 6.18 Å². The summed E-state index contributed by atoms with van der Waals surface area (Å²) < 4.78 is 39.1. The van der Waals surface area contributed by atoms with Crippen molar-refractivity contribution in [2.75, 3.05) is 13.2 Å². The first-order valence-electron chi connectivity index (χ1n) is 3.93. The zero-order chi connectivity index (χ0) is 11.3. The van der Waals surface area contributed by atoms with Crippen LogP contribution in [-0.2, 0) is 4.74 Å². The second kappa shape index (κ2) is 4.83. The van der Waals surface area contributed by atoms with Crippen LogP contribution in [0.2, 0.25) is 0 Å². The van der Waals surface area contributed by atoms with Crippen molar-refractivity contribution in [3.63, 3.8) is 0 Å². The second-order valence-electron chi connectivity index (χ2n) is 2.62. The molecule has 0 aliphatic heterocycles. The maximum Gasteiger partial charge on any atom is 0.411 e. The van der Waals surface area contributed by atoms with Crippen LogP contribution in [0.15, 0.2) is 18.6 Å². The Morgan fingerprint density at radius 1 is 1.40 bits per heavy atom. The fourth-order valence-corrected chi connectivity index (χ4v) is 0.776. The molecule has 15 heavy (non-hydrogen) atoms. The van der Waals surface area contributed by atoms with Crippen LogP contribution in [0.5, 0.6) is 0 Å². The molecule has 1 aromatic rings. The average molecular weight is 220 g/mol. The number of carbonyl (C=O) groups is 1. The zero-order valence-electron chi connectivity index (χ0n) is 7.49. The zero-order valence-corrected chi connectivity index (χ0v) is 7.49. The molecule has 0 bridgehead atoms. The van der Waals surface area contributed by atoms with Gasteiger partial charge in [0.15, 0.2) is 0 Å². The van der Waals surface area contributed by atoms with Gasteiger partial charge in [-0.15, -0.1) is 0 Å². The Morgan fingerprint density at radius 2 is 2.13 bits per heavy atom. The molecule has 0 fully saturated rings. The van der Waals surface area contributed by atoms with E-state index in [1.807, 2.05) is 0 Å². The average Bonchev–Trinajstić information content (AvgIpc) is 2.17. The molecule has 0 amide bonds. The van der Waals surface area contributed by atoms with Crippen molar-refractivity contribution in [2.45, 2.75) is 6.18 Å². The molecule has 82 valence electrons. The second-order valence-corrected chi connectivity index (χ2v) is 2.62.